The number of rotatable bonds is 5. The highest BCUT2D eigenvalue weighted by atomic mass is 16.5. The second-order valence-electron chi connectivity index (χ2n) is 6.76. The number of hydrogen-bond donors (Lipinski definition) is 2. The number of aryl methyl sites for hydroxylation is 1. The van der Waals surface area contributed by atoms with Gasteiger partial charge >= 0.3 is 0 Å². The fourth-order valence-corrected chi connectivity index (χ4v) is 3.36. The third-order valence-electron chi connectivity index (χ3n) is 4.73. The first-order valence-electron chi connectivity index (χ1n) is 9.18. The molecule has 4 aromatic heterocycles. The average molecular weight is 376 g/mol. The molecule has 142 valence electrons. The first-order valence-corrected chi connectivity index (χ1v) is 9.18. The Bertz CT molecular complexity index is 1110. The average Bonchev–Trinajstić information content (AvgIpc) is 3.43. The number of imidazole rings is 1. The van der Waals surface area contributed by atoms with E-state index in [0.29, 0.717) is 11.7 Å². The Balaban J connectivity index is 1.43. The summed E-state index contributed by atoms with van der Waals surface area (Å²) in [6, 6.07) is 3.77. The van der Waals surface area contributed by atoms with Crippen molar-refractivity contribution in [1.82, 2.24) is 34.4 Å². The summed E-state index contributed by atoms with van der Waals surface area (Å²) in [5, 5.41) is 10.9. The zero-order valence-corrected chi connectivity index (χ0v) is 15.4. The van der Waals surface area contributed by atoms with E-state index in [1.54, 1.807) is 17.1 Å². The van der Waals surface area contributed by atoms with Crippen molar-refractivity contribution in [2.24, 2.45) is 7.05 Å². The first-order chi connectivity index (χ1) is 13.8. The minimum Gasteiger partial charge on any atom is -0.473 e. The van der Waals surface area contributed by atoms with Crippen molar-refractivity contribution in [3.8, 4) is 17.1 Å². The van der Waals surface area contributed by atoms with Crippen molar-refractivity contribution in [3.05, 3.63) is 49.3 Å². The minimum atomic E-state index is 0.165. The Kier molecular flexibility index (Phi) is 4.13. The van der Waals surface area contributed by atoms with Gasteiger partial charge < -0.3 is 15.4 Å². The summed E-state index contributed by atoms with van der Waals surface area (Å²) in [6.45, 7) is 1.83. The maximum absolute atomic E-state index is 5.94. The van der Waals surface area contributed by atoms with E-state index in [4.69, 9.17) is 4.74 Å². The number of pyridine rings is 1. The van der Waals surface area contributed by atoms with Gasteiger partial charge in [-0.1, -0.05) is 0 Å². The number of hydrogen-bond acceptors (Lipinski definition) is 7. The van der Waals surface area contributed by atoms with Crippen LogP contribution < -0.4 is 15.4 Å². The molecule has 9 heteroatoms. The predicted molar refractivity (Wildman–Crippen MR) is 105 cm³/mol. The lowest BCUT2D eigenvalue weighted by Crippen LogP contribution is -2.20. The van der Waals surface area contributed by atoms with Crippen LogP contribution >= 0.6 is 0 Å². The monoisotopic (exact) mass is 376 g/mol. The molecule has 0 bridgehead atoms. The third-order valence-corrected chi connectivity index (χ3v) is 4.73. The fraction of sp³-hybridized carbons (Fsp3) is 0.263. The van der Waals surface area contributed by atoms with E-state index in [1.807, 2.05) is 48.4 Å². The van der Waals surface area contributed by atoms with Crippen LogP contribution in [0.15, 0.2) is 49.3 Å². The predicted octanol–water partition coefficient (Wildman–Crippen LogP) is 2.01. The smallest absolute Gasteiger partial charge is 0.215 e. The van der Waals surface area contributed by atoms with Crippen LogP contribution in [0.5, 0.6) is 5.88 Å². The van der Waals surface area contributed by atoms with E-state index in [0.717, 1.165) is 42.1 Å². The number of aromatic nitrogens is 6. The molecule has 1 aliphatic rings. The van der Waals surface area contributed by atoms with Gasteiger partial charge in [-0.3, -0.25) is 9.08 Å². The van der Waals surface area contributed by atoms with Crippen LogP contribution in [-0.4, -0.2) is 48.3 Å². The lowest BCUT2D eigenvalue weighted by molar-refractivity contribution is 0.214. The van der Waals surface area contributed by atoms with Crippen molar-refractivity contribution >= 4 is 17.2 Å². The zero-order chi connectivity index (χ0) is 18.9. The molecule has 1 fully saturated rings. The molecule has 0 aliphatic carbocycles. The van der Waals surface area contributed by atoms with Crippen LogP contribution in [-0.2, 0) is 7.05 Å². The van der Waals surface area contributed by atoms with Gasteiger partial charge in [0.15, 0.2) is 11.5 Å². The second kappa shape index (κ2) is 6.93. The quantitative estimate of drug-likeness (QED) is 0.550. The molecule has 28 heavy (non-hydrogen) atoms. The van der Waals surface area contributed by atoms with E-state index in [1.165, 1.54) is 0 Å². The molecule has 1 unspecified atom stereocenters. The van der Waals surface area contributed by atoms with Crippen LogP contribution in [0.1, 0.15) is 6.42 Å². The summed E-state index contributed by atoms with van der Waals surface area (Å²) in [4.78, 5) is 13.3. The van der Waals surface area contributed by atoms with Gasteiger partial charge in [-0.25, -0.2) is 15.0 Å². The third kappa shape index (κ3) is 3.16. The largest absolute Gasteiger partial charge is 0.473 e. The highest BCUT2D eigenvalue weighted by Crippen LogP contribution is 2.26. The topological polar surface area (TPSA) is 94.2 Å². The molecule has 0 amide bonds. The van der Waals surface area contributed by atoms with E-state index < -0.39 is 0 Å². The van der Waals surface area contributed by atoms with Crippen LogP contribution in [0.25, 0.3) is 16.9 Å². The molecule has 0 radical (unpaired) electrons. The number of anilines is 2. The van der Waals surface area contributed by atoms with Crippen molar-refractivity contribution in [3.63, 3.8) is 0 Å². The van der Waals surface area contributed by atoms with Gasteiger partial charge in [0.1, 0.15) is 6.10 Å². The molecule has 1 aliphatic heterocycles. The van der Waals surface area contributed by atoms with Gasteiger partial charge in [0.05, 0.1) is 18.1 Å². The molecule has 9 nitrogen and oxygen atoms in total. The lowest BCUT2D eigenvalue weighted by atomic mass is 10.3. The summed E-state index contributed by atoms with van der Waals surface area (Å²) in [6.07, 6.45) is 12.1. The molecule has 4 aromatic rings. The standard InChI is InChI=1S/C19H20N8O/c1-26-12-13(9-24-26)16-11-23-19-18(22-6-7-27(16)19)25-14-2-5-21-17(8-14)28-15-3-4-20-10-15/h2,5-9,11-12,15,20H,3-4,10H2,1H3,(H,21,22,25). The van der Waals surface area contributed by atoms with Crippen LogP contribution in [0, 0.1) is 0 Å². The molecule has 5 rings (SSSR count). The number of nitrogens with one attached hydrogen (secondary N) is 2. The molecule has 1 atom stereocenters. The zero-order valence-electron chi connectivity index (χ0n) is 15.4. The van der Waals surface area contributed by atoms with Crippen molar-refractivity contribution < 1.29 is 4.74 Å². The van der Waals surface area contributed by atoms with Gasteiger partial charge in [-0.2, -0.15) is 5.10 Å². The second-order valence-corrected chi connectivity index (χ2v) is 6.76. The van der Waals surface area contributed by atoms with E-state index in [9.17, 15) is 0 Å². The molecule has 0 spiro atoms. The molecule has 1 saturated heterocycles. The van der Waals surface area contributed by atoms with E-state index in [2.05, 4.69) is 30.7 Å². The van der Waals surface area contributed by atoms with Gasteiger partial charge in [0.25, 0.3) is 0 Å². The summed E-state index contributed by atoms with van der Waals surface area (Å²) < 4.78 is 9.71. The van der Waals surface area contributed by atoms with Crippen LogP contribution in [0.2, 0.25) is 0 Å². The van der Waals surface area contributed by atoms with Gasteiger partial charge in [0.2, 0.25) is 5.88 Å². The van der Waals surface area contributed by atoms with Crippen molar-refractivity contribution in [2.75, 3.05) is 18.4 Å². The summed E-state index contributed by atoms with van der Waals surface area (Å²) in [5.74, 6) is 1.27. The number of fused-ring (bicyclic) bond motifs is 1. The van der Waals surface area contributed by atoms with Crippen molar-refractivity contribution in [1.29, 1.82) is 0 Å². The molecular formula is C19H20N8O. The normalized spacial score (nSPS) is 16.5. The SMILES string of the molecule is Cn1cc(-c2cnc3c(Nc4ccnc(OC5CCNC5)c4)nccn23)cn1. The Labute approximate surface area is 161 Å². The molecular weight excluding hydrogens is 356 g/mol. The molecule has 0 saturated carbocycles. The summed E-state index contributed by atoms with van der Waals surface area (Å²) in [5.41, 5.74) is 3.54. The maximum Gasteiger partial charge on any atom is 0.215 e. The van der Waals surface area contributed by atoms with Gasteiger partial charge in [-0.05, 0) is 19.0 Å². The van der Waals surface area contributed by atoms with Gasteiger partial charge in [0, 0.05) is 55.7 Å². The highest BCUT2D eigenvalue weighted by Gasteiger charge is 2.17. The summed E-state index contributed by atoms with van der Waals surface area (Å²) >= 11 is 0. The fourth-order valence-electron chi connectivity index (χ4n) is 3.36. The Morgan fingerprint density at radius 3 is 3.00 bits per heavy atom. The minimum absolute atomic E-state index is 0.165. The number of nitrogens with zero attached hydrogens (tertiary/aromatic N) is 6. The molecule has 0 aromatic carbocycles. The Morgan fingerprint density at radius 2 is 2.18 bits per heavy atom. The van der Waals surface area contributed by atoms with Gasteiger partial charge in [-0.15, -0.1) is 0 Å². The summed E-state index contributed by atoms with van der Waals surface area (Å²) in [7, 11) is 1.89. The molecule has 5 heterocycles. The maximum atomic E-state index is 5.94. The van der Waals surface area contributed by atoms with Crippen molar-refractivity contribution in [2.45, 2.75) is 12.5 Å². The first kappa shape index (κ1) is 16.7. The van der Waals surface area contributed by atoms with E-state index in [-0.39, 0.29) is 6.10 Å². The lowest BCUT2D eigenvalue weighted by Gasteiger charge is -2.13. The van der Waals surface area contributed by atoms with Crippen LogP contribution in [0.4, 0.5) is 11.5 Å². The molecule has 2 N–H and O–H groups in total. The highest BCUT2D eigenvalue weighted by molar-refractivity contribution is 5.74. The Hall–Kier alpha value is -3.46. The number of ether oxygens (including phenoxy) is 1. The Morgan fingerprint density at radius 1 is 1.21 bits per heavy atom. The van der Waals surface area contributed by atoms with Crippen LogP contribution in [0.3, 0.4) is 0 Å². The van der Waals surface area contributed by atoms with E-state index >= 15 is 0 Å².